The zero-order valence-corrected chi connectivity index (χ0v) is 71.4. The lowest BCUT2D eigenvalue weighted by molar-refractivity contribution is -0.294. The van der Waals surface area contributed by atoms with Gasteiger partial charge in [0.15, 0.2) is 37.2 Å². The Balaban J connectivity index is 0.000000259. The van der Waals surface area contributed by atoms with Gasteiger partial charge in [0.05, 0.1) is 63.8 Å². The Bertz CT molecular complexity index is 3770. The molecule has 0 bridgehead atoms. The Morgan fingerprint density at radius 2 is 0.678 bits per heavy atom. The zero-order valence-electron chi connectivity index (χ0n) is 71.4. The van der Waals surface area contributed by atoms with Crippen LogP contribution in [-0.4, -0.2) is 290 Å². The van der Waals surface area contributed by atoms with E-state index < -0.39 is 171 Å². The van der Waals surface area contributed by atoms with Gasteiger partial charge in [-0.05, 0) is 104 Å². The number of carboxylic acid groups (broad SMARTS) is 1. The molecule has 0 radical (unpaired) electrons. The molecule has 4 fully saturated rings. The minimum atomic E-state index is -1.36. The van der Waals surface area contributed by atoms with Gasteiger partial charge >= 0.3 is 48.0 Å². The fourth-order valence-corrected chi connectivity index (χ4v) is 14.1. The van der Waals surface area contributed by atoms with Crippen molar-refractivity contribution in [2.45, 2.75) is 230 Å². The average Bonchev–Trinajstić information content (AvgIpc) is 1.62. The third-order valence-corrected chi connectivity index (χ3v) is 21.6. The number of rotatable bonds is 27. The first kappa shape index (κ1) is 101. The van der Waals surface area contributed by atoms with E-state index in [1.165, 1.54) is 21.3 Å². The maximum absolute atomic E-state index is 12.9. The molecule has 8 unspecified atom stereocenters. The number of carbonyl (C=O) groups is 8. The van der Waals surface area contributed by atoms with Gasteiger partial charge in [0, 0.05) is 58.0 Å². The fourth-order valence-electron chi connectivity index (χ4n) is 14.1. The summed E-state index contributed by atoms with van der Waals surface area (Å²) in [5.41, 5.74) is 7.08. The van der Waals surface area contributed by atoms with Gasteiger partial charge in [0.1, 0.15) is 87.0 Å². The molecule has 4 aromatic carbocycles. The second-order valence-electron chi connectivity index (χ2n) is 32.3. The molecule has 35 heteroatoms. The van der Waals surface area contributed by atoms with Crippen LogP contribution in [0.25, 0.3) is 22.3 Å². The molecule has 0 saturated carbocycles. The fraction of sp³-hybridized carbons (Fsp3) is 0.628. The maximum Gasteiger partial charge on any atom is 0.407 e. The van der Waals surface area contributed by atoms with Gasteiger partial charge in [-0.25, -0.2) is 19.2 Å². The minimum Gasteiger partial charge on any atom is -0.481 e. The SMILES string of the molecule is CC(C)(C)OC(=O)[C@H](CO)NC(=O)OCC1c2ccccc2-c2ccccc21.CO[C@H]1OC(CO)[C@@H](O)[C@H](C)C1C.CO[C@H]1OC(CO)[C@@H](O)[C@H](O)C1O.CO[C@H]1OC(COC(=O)CCC(=O)O)[C@@H](O)[C@H](C)C1C.CO[C@H]1OC(COC(=O)CCC(=O)OC[C@H](NC(=O)OCC2c3ccccc3-c3ccccc32)C(=O)OC(C)(C)C)[C@@H](O)[C@H](C)C1C. The smallest absolute Gasteiger partial charge is 0.407 e. The van der Waals surface area contributed by atoms with Crippen molar-refractivity contribution in [2.24, 2.45) is 35.5 Å². The van der Waals surface area contributed by atoms with Crippen LogP contribution in [0.5, 0.6) is 0 Å². The first-order valence-corrected chi connectivity index (χ1v) is 40.2. The highest BCUT2D eigenvalue weighted by atomic mass is 16.7. The number of esters is 5. The van der Waals surface area contributed by atoms with Gasteiger partial charge in [-0.2, -0.15) is 0 Å². The number of carbonyl (C=O) groups excluding carboxylic acids is 7. The lowest BCUT2D eigenvalue weighted by Crippen LogP contribution is -2.58. The van der Waals surface area contributed by atoms with Gasteiger partial charge in [-0.15, -0.1) is 0 Å². The molecular formula is C86H124N2O33. The number of nitrogens with one attached hydrogen (secondary N) is 2. The van der Waals surface area contributed by atoms with Crippen molar-refractivity contribution in [1.82, 2.24) is 10.6 Å². The first-order valence-electron chi connectivity index (χ1n) is 40.2. The van der Waals surface area contributed by atoms with Crippen LogP contribution in [0.4, 0.5) is 9.59 Å². The number of hydrogen-bond donors (Lipinski definition) is 12. The Morgan fingerprint density at radius 1 is 0.372 bits per heavy atom. The largest absolute Gasteiger partial charge is 0.481 e. The van der Waals surface area contributed by atoms with E-state index in [0.29, 0.717) is 0 Å². The number of aliphatic hydroxyl groups is 9. The molecular weight excluding hydrogens is 1590 g/mol. The molecule has 35 nitrogen and oxygen atoms in total. The van der Waals surface area contributed by atoms with Crippen LogP contribution in [0.1, 0.15) is 143 Å². The maximum atomic E-state index is 12.9. The number of fused-ring (bicyclic) bond motifs is 6. The number of hydrogen-bond acceptors (Lipinski definition) is 32. The van der Waals surface area contributed by atoms with Crippen molar-refractivity contribution in [1.29, 1.82) is 0 Å². The van der Waals surface area contributed by atoms with Crippen molar-refractivity contribution in [3.8, 4) is 22.3 Å². The van der Waals surface area contributed by atoms with Crippen LogP contribution in [0.2, 0.25) is 0 Å². The Hall–Kier alpha value is -8.44. The third-order valence-electron chi connectivity index (χ3n) is 21.6. The number of carboxylic acids is 1. The highest BCUT2D eigenvalue weighted by Crippen LogP contribution is 2.46. The number of aliphatic hydroxyl groups excluding tert-OH is 9. The Morgan fingerprint density at radius 3 is 1.02 bits per heavy atom. The summed E-state index contributed by atoms with van der Waals surface area (Å²) in [5.74, 6) is -4.97. The van der Waals surface area contributed by atoms with E-state index in [1.807, 2.05) is 126 Å². The number of amides is 2. The lowest BCUT2D eigenvalue weighted by atomic mass is 9.85. The van der Waals surface area contributed by atoms with Crippen LogP contribution < -0.4 is 10.6 Å². The minimum absolute atomic E-state index is 0.0222. The molecule has 6 aliphatic rings. The quantitative estimate of drug-likeness (QED) is 0.0271. The van der Waals surface area contributed by atoms with Gasteiger partial charge in [-0.1, -0.05) is 139 Å². The van der Waals surface area contributed by atoms with E-state index >= 15 is 0 Å². The Kier molecular flexibility index (Phi) is 40.2. The predicted octanol–water partition coefficient (Wildman–Crippen LogP) is 5.15. The molecule has 22 atom stereocenters. The lowest BCUT2D eigenvalue weighted by Gasteiger charge is -2.41. The molecule has 0 spiro atoms. The van der Waals surface area contributed by atoms with Crippen molar-refractivity contribution in [2.75, 3.05) is 81.3 Å². The average molecular weight is 1710 g/mol. The molecule has 676 valence electrons. The first-order chi connectivity index (χ1) is 57.2. The summed E-state index contributed by atoms with van der Waals surface area (Å²) >= 11 is 0. The van der Waals surface area contributed by atoms with E-state index in [-0.39, 0.29) is 112 Å². The molecule has 4 saturated heterocycles. The Labute approximate surface area is 704 Å². The summed E-state index contributed by atoms with van der Waals surface area (Å²) in [4.78, 5) is 96.6. The number of methoxy groups -OCH3 is 4. The molecule has 2 aliphatic carbocycles. The van der Waals surface area contributed by atoms with Gasteiger partial charge in [0.2, 0.25) is 0 Å². The number of aliphatic carboxylic acids is 1. The van der Waals surface area contributed by atoms with Crippen LogP contribution >= 0.6 is 0 Å². The summed E-state index contributed by atoms with van der Waals surface area (Å²) in [5, 5.41) is 98.5. The summed E-state index contributed by atoms with van der Waals surface area (Å²) in [6.07, 6.45) is -14.2. The normalized spacial score (nSPS) is 27.6. The van der Waals surface area contributed by atoms with E-state index in [4.69, 9.17) is 86.4 Å². The molecule has 10 rings (SSSR count). The molecule has 4 aromatic rings. The van der Waals surface area contributed by atoms with E-state index in [2.05, 4.69) is 22.8 Å². The summed E-state index contributed by atoms with van der Waals surface area (Å²) in [7, 11) is 5.88. The molecule has 4 heterocycles. The monoisotopic (exact) mass is 1710 g/mol. The van der Waals surface area contributed by atoms with Gasteiger partial charge in [-0.3, -0.25) is 19.2 Å². The van der Waals surface area contributed by atoms with E-state index in [0.717, 1.165) is 44.5 Å². The van der Waals surface area contributed by atoms with Crippen LogP contribution in [0, 0.1) is 35.5 Å². The van der Waals surface area contributed by atoms with Crippen LogP contribution in [0.15, 0.2) is 97.1 Å². The molecule has 121 heavy (non-hydrogen) atoms. The van der Waals surface area contributed by atoms with Crippen molar-refractivity contribution < 1.29 is 160 Å². The summed E-state index contributed by atoms with van der Waals surface area (Å²) in [6, 6.07) is 29.3. The van der Waals surface area contributed by atoms with Gasteiger partial charge < -0.3 is 133 Å². The summed E-state index contributed by atoms with van der Waals surface area (Å²) < 4.78 is 78.8. The van der Waals surface area contributed by atoms with Crippen molar-refractivity contribution >= 4 is 48.0 Å². The number of benzene rings is 4. The standard InChI is InChI=1S/C35H45NO11.C22H25NO5.C13H22O7.C9H18O4.C7H14O6/c1-20-21(2)33(42-6)46-28(31(20)39)19-44-30(38)16-15-29(37)43-18-27(32(40)47-35(3,4)5)36-34(41)45-17-26-24-13-9-7-11-22(24)23-12-8-10-14-25(23)26;1-22(2,3)28-20(25)19(12-24)23-21(26)27-13-18-16-10-6-4-8-14(16)15-9-5-7-11-17(15)18;1-7-8(2)13(18-3)20-9(12(7)17)6-19-11(16)5-4-10(14)15;1-5-6(2)9(12-3)13-7(4-10)8(5)11;1-12-7-6(11)5(10)4(9)3(2-8)13-7/h7-14,20-21,26-28,31,33,39H,15-19H2,1-6H3,(H,36,41);4-11,18-19,24H,12-13H2,1-3H3,(H,23,26);7-9,12-13,17H,4-6H2,1-3H3,(H,14,15);5-11H,4H2,1-3H3;3-11H,2H2,1H3/t20-,21?,27+,28?,31+,33+;19-;7-,8?,9?,12+,13+;5-,6?,7?,8+,9+;3?,4-,5+,6?,7+/m10111/s1. The molecule has 4 aliphatic heterocycles. The predicted molar refractivity (Wildman–Crippen MR) is 430 cm³/mol. The van der Waals surface area contributed by atoms with Crippen LogP contribution in [-0.2, 0) is 99.8 Å². The molecule has 0 aromatic heterocycles. The van der Waals surface area contributed by atoms with Gasteiger partial charge in [0.25, 0.3) is 0 Å². The third kappa shape index (κ3) is 29.1. The van der Waals surface area contributed by atoms with Crippen molar-refractivity contribution in [3.63, 3.8) is 0 Å². The topological polar surface area (TPSA) is 501 Å². The highest BCUT2D eigenvalue weighted by molar-refractivity contribution is 5.85. The number of ether oxygens (including phenoxy) is 15. The summed E-state index contributed by atoms with van der Waals surface area (Å²) in [6.45, 7) is 19.7. The molecule has 2 amide bonds. The van der Waals surface area contributed by atoms with E-state index in [1.54, 1.807) is 48.7 Å². The van der Waals surface area contributed by atoms with Crippen LogP contribution in [0.3, 0.4) is 0 Å². The van der Waals surface area contributed by atoms with E-state index in [9.17, 15) is 74.1 Å². The van der Waals surface area contributed by atoms with Crippen molar-refractivity contribution in [3.05, 3.63) is 119 Å². The number of alkyl carbamates (subject to hydrolysis) is 2. The second-order valence-corrected chi connectivity index (χ2v) is 32.3. The highest BCUT2D eigenvalue weighted by Gasteiger charge is 2.46. The second kappa shape index (κ2) is 48.0. The zero-order chi connectivity index (χ0) is 89.9. The molecule has 12 N–H and O–H groups in total.